The van der Waals surface area contributed by atoms with Gasteiger partial charge in [0.25, 0.3) is 0 Å². The second-order valence-electron chi connectivity index (χ2n) is 4.97. The highest BCUT2D eigenvalue weighted by Gasteiger charge is 2.19. The summed E-state index contributed by atoms with van der Waals surface area (Å²) < 4.78 is 25.6. The maximum atomic E-state index is 13.2. The Kier molecular flexibility index (Phi) is 3.38. The van der Waals surface area contributed by atoms with Crippen molar-refractivity contribution in [1.29, 1.82) is 0 Å². The maximum Gasteiger partial charge on any atom is 0.231 e. The number of aromatic nitrogens is 3. The van der Waals surface area contributed by atoms with Crippen LogP contribution < -0.4 is 9.47 Å². The first kappa shape index (κ1) is 14.0. The summed E-state index contributed by atoms with van der Waals surface area (Å²) in [6.45, 7) is 0.202. The van der Waals surface area contributed by atoms with Crippen LogP contribution in [0.15, 0.2) is 42.5 Å². The molecule has 0 saturated heterocycles. The second kappa shape index (κ2) is 5.55. The molecule has 2 aromatic carbocycles. The smallest absolute Gasteiger partial charge is 0.231 e. The highest BCUT2D eigenvalue weighted by atomic mass is 35.5. The van der Waals surface area contributed by atoms with Crippen molar-refractivity contribution in [2.75, 3.05) is 6.79 Å². The van der Waals surface area contributed by atoms with E-state index in [9.17, 15) is 4.39 Å². The first-order valence-corrected chi connectivity index (χ1v) is 7.46. The van der Waals surface area contributed by atoms with Crippen LogP contribution in [-0.4, -0.2) is 21.8 Å². The monoisotopic (exact) mass is 331 g/mol. The largest absolute Gasteiger partial charge is 0.454 e. The average molecular weight is 332 g/mol. The van der Waals surface area contributed by atoms with Crippen molar-refractivity contribution in [3.63, 3.8) is 0 Å². The minimum absolute atomic E-state index is 0.202. The Bertz CT molecular complexity index is 864. The third-order valence-corrected chi connectivity index (χ3v) is 3.84. The van der Waals surface area contributed by atoms with Gasteiger partial charge in [-0.25, -0.2) is 9.07 Å². The fourth-order valence-electron chi connectivity index (χ4n) is 2.50. The Labute approximate surface area is 136 Å². The van der Waals surface area contributed by atoms with E-state index < -0.39 is 0 Å². The number of alkyl halides is 1. The van der Waals surface area contributed by atoms with Crippen molar-refractivity contribution in [3.05, 3.63) is 54.0 Å². The molecule has 0 spiro atoms. The van der Waals surface area contributed by atoms with Crippen LogP contribution in [0.5, 0.6) is 11.5 Å². The summed E-state index contributed by atoms with van der Waals surface area (Å²) in [6, 6.07) is 11.6. The summed E-state index contributed by atoms with van der Waals surface area (Å²) in [5, 5.41) is 8.29. The zero-order chi connectivity index (χ0) is 15.8. The minimum Gasteiger partial charge on any atom is -0.454 e. The van der Waals surface area contributed by atoms with E-state index in [2.05, 4.69) is 10.3 Å². The average Bonchev–Trinajstić information content (AvgIpc) is 3.21. The van der Waals surface area contributed by atoms with Crippen LogP contribution in [0.1, 0.15) is 5.69 Å². The lowest BCUT2D eigenvalue weighted by atomic mass is 10.1. The molecular weight excluding hydrogens is 321 g/mol. The molecule has 5 nitrogen and oxygen atoms in total. The van der Waals surface area contributed by atoms with Crippen LogP contribution in [-0.2, 0) is 5.88 Å². The lowest BCUT2D eigenvalue weighted by Gasteiger charge is -2.08. The van der Waals surface area contributed by atoms with E-state index in [0.29, 0.717) is 17.2 Å². The van der Waals surface area contributed by atoms with Gasteiger partial charge in [-0.15, -0.1) is 16.7 Å². The normalized spacial score (nSPS) is 12.6. The van der Waals surface area contributed by atoms with E-state index in [0.717, 1.165) is 16.9 Å². The highest BCUT2D eigenvalue weighted by Crippen LogP contribution is 2.35. The van der Waals surface area contributed by atoms with Gasteiger partial charge in [0, 0.05) is 11.6 Å². The Balaban J connectivity index is 1.86. The molecule has 0 unspecified atom stereocenters. The molecule has 0 bridgehead atoms. The van der Waals surface area contributed by atoms with E-state index >= 15 is 0 Å². The summed E-state index contributed by atoms with van der Waals surface area (Å²) >= 11 is 5.97. The summed E-state index contributed by atoms with van der Waals surface area (Å²) in [7, 11) is 0. The Morgan fingerprint density at radius 3 is 2.65 bits per heavy atom. The lowest BCUT2D eigenvalue weighted by Crippen LogP contribution is -2.00. The fraction of sp³-hybridized carbons (Fsp3) is 0.125. The van der Waals surface area contributed by atoms with Gasteiger partial charge in [0.2, 0.25) is 6.79 Å². The number of rotatable bonds is 3. The Morgan fingerprint density at radius 1 is 1.09 bits per heavy atom. The molecule has 0 radical (unpaired) electrons. The molecule has 116 valence electrons. The summed E-state index contributed by atoms with van der Waals surface area (Å²) in [4.78, 5) is 0. The molecule has 23 heavy (non-hydrogen) atoms. The van der Waals surface area contributed by atoms with E-state index in [1.54, 1.807) is 16.8 Å². The van der Waals surface area contributed by atoms with Crippen LogP contribution in [0.3, 0.4) is 0 Å². The van der Waals surface area contributed by atoms with E-state index in [4.69, 9.17) is 21.1 Å². The molecule has 1 aromatic heterocycles. The molecule has 4 rings (SSSR count). The fourth-order valence-corrected chi connectivity index (χ4v) is 2.68. The van der Waals surface area contributed by atoms with Gasteiger partial charge < -0.3 is 9.47 Å². The molecule has 0 amide bonds. The molecule has 3 aromatic rings. The zero-order valence-electron chi connectivity index (χ0n) is 11.9. The van der Waals surface area contributed by atoms with Gasteiger partial charge in [-0.05, 0) is 36.4 Å². The summed E-state index contributed by atoms with van der Waals surface area (Å²) in [5.41, 5.74) is 2.89. The Hall–Kier alpha value is -2.60. The molecular formula is C16H11ClFN3O2. The quantitative estimate of drug-likeness (QED) is 0.689. The van der Waals surface area contributed by atoms with Crippen molar-refractivity contribution in [3.8, 4) is 28.4 Å². The van der Waals surface area contributed by atoms with Crippen molar-refractivity contribution in [2.45, 2.75) is 5.88 Å². The molecule has 2 heterocycles. The molecule has 1 aliphatic rings. The van der Waals surface area contributed by atoms with Crippen molar-refractivity contribution < 1.29 is 13.9 Å². The van der Waals surface area contributed by atoms with E-state index in [1.807, 2.05) is 18.2 Å². The molecule has 1 aliphatic heterocycles. The molecule has 7 heteroatoms. The molecule has 0 atom stereocenters. The first-order valence-electron chi connectivity index (χ1n) is 6.93. The minimum atomic E-state index is -0.303. The van der Waals surface area contributed by atoms with Gasteiger partial charge in [0.05, 0.1) is 17.3 Å². The summed E-state index contributed by atoms with van der Waals surface area (Å²) in [6.07, 6.45) is 0. The standard InChI is InChI=1S/C16H11ClFN3O2/c17-8-13-16(10-1-3-11(18)4-2-10)21(20-19-13)12-5-6-14-15(7-12)23-9-22-14/h1-7H,8-9H2. The van der Waals surface area contributed by atoms with Gasteiger partial charge >= 0.3 is 0 Å². The number of ether oxygens (including phenoxy) is 2. The number of halogens is 2. The van der Waals surface area contributed by atoms with Gasteiger partial charge in [0.1, 0.15) is 11.5 Å². The van der Waals surface area contributed by atoms with Crippen molar-refractivity contribution >= 4 is 11.6 Å². The topological polar surface area (TPSA) is 49.2 Å². The second-order valence-corrected chi connectivity index (χ2v) is 5.24. The maximum absolute atomic E-state index is 13.2. The number of nitrogens with zero attached hydrogens (tertiary/aromatic N) is 3. The van der Waals surface area contributed by atoms with E-state index in [1.165, 1.54) is 12.1 Å². The van der Waals surface area contributed by atoms with Gasteiger partial charge in [-0.1, -0.05) is 5.21 Å². The predicted molar refractivity (Wildman–Crippen MR) is 82.4 cm³/mol. The van der Waals surface area contributed by atoms with Gasteiger partial charge in [-0.2, -0.15) is 0 Å². The third-order valence-electron chi connectivity index (χ3n) is 3.58. The lowest BCUT2D eigenvalue weighted by molar-refractivity contribution is 0.174. The van der Waals surface area contributed by atoms with Crippen LogP contribution in [0.25, 0.3) is 16.9 Å². The third kappa shape index (κ3) is 2.41. The number of benzene rings is 2. The Morgan fingerprint density at radius 2 is 1.87 bits per heavy atom. The molecule has 0 N–H and O–H groups in total. The number of hydrogen-bond donors (Lipinski definition) is 0. The van der Waals surface area contributed by atoms with Crippen LogP contribution in [0.4, 0.5) is 4.39 Å². The number of hydrogen-bond acceptors (Lipinski definition) is 4. The van der Waals surface area contributed by atoms with Crippen LogP contribution >= 0.6 is 11.6 Å². The highest BCUT2D eigenvalue weighted by molar-refractivity contribution is 6.17. The first-order chi connectivity index (χ1) is 11.3. The predicted octanol–water partition coefficient (Wildman–Crippen LogP) is 3.54. The van der Waals surface area contributed by atoms with Gasteiger partial charge in [-0.3, -0.25) is 0 Å². The van der Waals surface area contributed by atoms with Crippen LogP contribution in [0, 0.1) is 5.82 Å². The number of fused-ring (bicyclic) bond motifs is 1. The summed E-state index contributed by atoms with van der Waals surface area (Å²) in [5.74, 6) is 1.24. The molecule has 0 saturated carbocycles. The SMILES string of the molecule is Fc1ccc(-c2c(CCl)nnn2-c2ccc3c(c2)OCO3)cc1. The zero-order valence-corrected chi connectivity index (χ0v) is 12.6. The van der Waals surface area contributed by atoms with E-state index in [-0.39, 0.29) is 18.5 Å². The van der Waals surface area contributed by atoms with Crippen LogP contribution in [0.2, 0.25) is 0 Å². The van der Waals surface area contributed by atoms with Crippen molar-refractivity contribution in [1.82, 2.24) is 15.0 Å². The van der Waals surface area contributed by atoms with Gasteiger partial charge in [0.15, 0.2) is 11.5 Å². The molecule has 0 aliphatic carbocycles. The molecule has 0 fully saturated rings. The van der Waals surface area contributed by atoms with Crippen molar-refractivity contribution in [2.24, 2.45) is 0 Å².